The molecule has 0 aromatic heterocycles. The van der Waals surface area contributed by atoms with E-state index in [4.69, 9.17) is 7.94 Å². The first kappa shape index (κ1) is 9.61. The van der Waals surface area contributed by atoms with Crippen molar-refractivity contribution in [2.45, 2.75) is 0 Å². The van der Waals surface area contributed by atoms with E-state index < -0.39 is 24.7 Å². The number of hydrogen-bond acceptors (Lipinski definition) is 3. The topological polar surface area (TPSA) is 46.5 Å². The van der Waals surface area contributed by atoms with Crippen LogP contribution in [0.5, 0.6) is 0 Å². The van der Waals surface area contributed by atoms with Crippen LogP contribution in [-0.2, 0) is 27.2 Å². The Bertz CT molecular complexity index is 20.9. The molecule has 0 aliphatic heterocycles. The predicted molar refractivity (Wildman–Crippen MR) is 10.2 cm³/mol. The molecule has 5 heavy (non-hydrogen) atoms. The second-order valence-electron chi connectivity index (χ2n) is 0.175. The Morgan fingerprint density at radius 1 is 1.80 bits per heavy atom. The van der Waals surface area contributed by atoms with Gasteiger partial charge in [-0.05, 0) is 0 Å². The first-order valence-corrected chi connectivity index (χ1v) is 3.76. The number of rotatable bonds is 1. The van der Waals surface area contributed by atoms with Crippen LogP contribution in [0.15, 0.2) is 0 Å². The molecule has 0 saturated heterocycles. The molecule has 0 fully saturated rings. The van der Waals surface area contributed by atoms with Crippen molar-refractivity contribution >= 4 is 24.7 Å². The standard InChI is InChI=1S/H2O2.O.Pb.Ti/c1-2;;;/h1-2H;;;/q;;+1;/p-1. The van der Waals surface area contributed by atoms with Gasteiger partial charge in [0.15, 0.2) is 0 Å². The third-order valence-corrected chi connectivity index (χ3v) is 0.327. The normalized spacial score (nSPS) is 5.00. The molecule has 0 spiro atoms. The van der Waals surface area contributed by atoms with Crippen molar-refractivity contribution < 1.29 is 32.5 Å². The van der Waals surface area contributed by atoms with Gasteiger partial charge in [-0.15, -0.1) is 0 Å². The smallest absolute Gasteiger partial charge is 0 e. The third-order valence-electron chi connectivity index (χ3n) is 0.0373. The van der Waals surface area contributed by atoms with Crippen molar-refractivity contribution in [2.75, 3.05) is 0 Å². The SMILES string of the molecule is [O]=[Pb][O]O.[Ti]. The van der Waals surface area contributed by atoms with Crippen LogP contribution >= 0.6 is 0 Å². The van der Waals surface area contributed by atoms with Gasteiger partial charge in [0.1, 0.15) is 0 Å². The maximum atomic E-state index is 9.02. The van der Waals surface area contributed by atoms with Crippen LogP contribution in [-0.4, -0.2) is 30.0 Å². The van der Waals surface area contributed by atoms with E-state index in [1.54, 1.807) is 0 Å². The Morgan fingerprint density at radius 2 is 2.00 bits per heavy atom. The summed E-state index contributed by atoms with van der Waals surface area (Å²) in [5, 5.41) is 7.15. The predicted octanol–water partition coefficient (Wildman–Crippen LogP) is -0.562. The maximum absolute atomic E-state index is 9.02. The van der Waals surface area contributed by atoms with E-state index in [-0.39, 0.29) is 21.7 Å². The third kappa shape index (κ3) is 10.9. The monoisotopic (exact) mass is 305 g/mol. The summed E-state index contributed by atoms with van der Waals surface area (Å²) in [5.41, 5.74) is 0. The average molecular weight is 304 g/mol. The van der Waals surface area contributed by atoms with E-state index in [0.29, 0.717) is 0 Å². The first-order valence-electron chi connectivity index (χ1n) is 0.591. The van der Waals surface area contributed by atoms with Gasteiger partial charge in [-0.2, -0.15) is 0 Å². The largest absolute Gasteiger partial charge is 0 e. The summed E-state index contributed by atoms with van der Waals surface area (Å²) in [7, 11) is 0. The molecule has 1 radical (unpaired) electrons. The molecular formula is HO3PbTi. The second-order valence-corrected chi connectivity index (χ2v) is 1.53. The van der Waals surface area contributed by atoms with E-state index in [9.17, 15) is 0 Å². The second kappa shape index (κ2) is 9.02. The van der Waals surface area contributed by atoms with E-state index in [0.717, 1.165) is 0 Å². The van der Waals surface area contributed by atoms with Gasteiger partial charge < -0.3 is 0 Å². The van der Waals surface area contributed by atoms with Crippen molar-refractivity contribution in [1.82, 2.24) is 0 Å². The van der Waals surface area contributed by atoms with Gasteiger partial charge in [0, 0.05) is 21.7 Å². The van der Waals surface area contributed by atoms with E-state index in [1.807, 2.05) is 0 Å². The van der Waals surface area contributed by atoms with Crippen LogP contribution in [0.2, 0.25) is 0 Å². The van der Waals surface area contributed by atoms with Crippen LogP contribution in [0.3, 0.4) is 0 Å². The van der Waals surface area contributed by atoms with Crippen molar-refractivity contribution in [1.29, 1.82) is 0 Å². The Hall–Kier alpha value is 1.36. The summed E-state index contributed by atoms with van der Waals surface area (Å²) >= 11 is -2.13. The Kier molecular flexibility index (Phi) is 17.3. The maximum Gasteiger partial charge on any atom is 0 e. The summed E-state index contributed by atoms with van der Waals surface area (Å²) in [6.45, 7) is 0. The molecule has 0 bridgehead atoms. The molecule has 0 amide bonds. The van der Waals surface area contributed by atoms with Gasteiger partial charge in [0.05, 0.1) is 0 Å². The molecule has 0 atom stereocenters. The molecule has 0 saturated carbocycles. The molecule has 0 aliphatic rings. The minimum Gasteiger partial charge on any atom is 0 e. The van der Waals surface area contributed by atoms with Crippen LogP contribution in [0.4, 0.5) is 0 Å². The molecule has 0 rings (SSSR count). The van der Waals surface area contributed by atoms with Crippen molar-refractivity contribution in [3.63, 3.8) is 0 Å². The van der Waals surface area contributed by atoms with Gasteiger partial charge in [-0.25, -0.2) is 0 Å². The van der Waals surface area contributed by atoms with Gasteiger partial charge in [-0.1, -0.05) is 0 Å². The molecule has 0 aliphatic carbocycles. The number of hydrogen-bond donors (Lipinski definition) is 1. The molecule has 0 heterocycles. The Balaban J connectivity index is 0. The fourth-order valence-corrected chi connectivity index (χ4v) is 0. The molecule has 1 N–H and O–H groups in total. The zero-order valence-corrected chi connectivity index (χ0v) is 7.71. The summed E-state index contributed by atoms with van der Waals surface area (Å²) < 4.78 is 12.2. The summed E-state index contributed by atoms with van der Waals surface area (Å²) in [6.07, 6.45) is 0. The fraction of sp³-hybridized carbons (Fsp3) is 0. The fourth-order valence-electron chi connectivity index (χ4n) is 0. The molecule has 5 heteroatoms. The van der Waals surface area contributed by atoms with E-state index in [1.165, 1.54) is 0 Å². The molecule has 27 valence electrons. The Morgan fingerprint density at radius 3 is 2.00 bits per heavy atom. The van der Waals surface area contributed by atoms with Gasteiger partial charge in [-0.3, -0.25) is 0 Å². The van der Waals surface area contributed by atoms with Crippen LogP contribution in [0.1, 0.15) is 0 Å². The molecule has 3 nitrogen and oxygen atoms in total. The molecule has 0 unspecified atom stereocenters. The molecule has 0 aromatic rings. The Labute approximate surface area is 56.9 Å². The van der Waals surface area contributed by atoms with Crippen LogP contribution in [0.25, 0.3) is 0 Å². The quantitative estimate of drug-likeness (QED) is 0.401. The summed E-state index contributed by atoms with van der Waals surface area (Å²) in [5.74, 6) is 0. The van der Waals surface area contributed by atoms with Crippen molar-refractivity contribution in [2.24, 2.45) is 0 Å². The van der Waals surface area contributed by atoms with Crippen LogP contribution < -0.4 is 0 Å². The minimum absolute atomic E-state index is 0. The summed E-state index contributed by atoms with van der Waals surface area (Å²) in [6, 6.07) is 0. The zero-order valence-electron chi connectivity index (χ0n) is 2.26. The minimum atomic E-state index is -2.13. The molecular weight excluding hydrogens is 303 g/mol. The average Bonchev–Trinajstić information content (AvgIpc) is 1.37. The summed E-state index contributed by atoms with van der Waals surface area (Å²) in [4.78, 5) is 0. The van der Waals surface area contributed by atoms with Gasteiger partial charge in [0.25, 0.3) is 0 Å². The molecule has 0 aromatic carbocycles. The van der Waals surface area contributed by atoms with Crippen molar-refractivity contribution in [3.05, 3.63) is 0 Å². The van der Waals surface area contributed by atoms with Gasteiger partial charge >= 0.3 is 35.5 Å². The van der Waals surface area contributed by atoms with E-state index in [2.05, 4.69) is 2.84 Å². The van der Waals surface area contributed by atoms with Crippen LogP contribution in [0, 0.1) is 0 Å². The zero-order chi connectivity index (χ0) is 3.41. The first-order chi connectivity index (χ1) is 1.91. The van der Waals surface area contributed by atoms with Gasteiger partial charge in [0.2, 0.25) is 0 Å². The van der Waals surface area contributed by atoms with Crippen molar-refractivity contribution in [3.8, 4) is 0 Å². The van der Waals surface area contributed by atoms with E-state index >= 15 is 0 Å².